The third-order valence-corrected chi connectivity index (χ3v) is 4.27. The first-order valence-electron chi connectivity index (χ1n) is 7.40. The molecule has 0 saturated heterocycles. The van der Waals surface area contributed by atoms with Crippen LogP contribution < -0.4 is 5.32 Å². The first-order chi connectivity index (χ1) is 12.5. The van der Waals surface area contributed by atoms with E-state index in [1.165, 1.54) is 17.3 Å². The second-order valence-corrected chi connectivity index (χ2v) is 6.81. The predicted octanol–water partition coefficient (Wildman–Crippen LogP) is 3.32. The van der Waals surface area contributed by atoms with E-state index in [1.807, 2.05) is 0 Å². The summed E-state index contributed by atoms with van der Waals surface area (Å²) in [4.78, 5) is 28.0. The molecule has 26 heavy (non-hydrogen) atoms. The number of esters is 1. The van der Waals surface area contributed by atoms with Crippen molar-refractivity contribution in [1.29, 1.82) is 0 Å². The Balaban J connectivity index is 1.66. The van der Waals surface area contributed by atoms with Crippen LogP contribution in [0.4, 0.5) is 5.69 Å². The van der Waals surface area contributed by atoms with E-state index in [0.717, 1.165) is 3.57 Å². The molecule has 0 bridgehead atoms. The van der Waals surface area contributed by atoms with Crippen LogP contribution in [0.2, 0.25) is 5.02 Å². The lowest BCUT2D eigenvalue weighted by Gasteiger charge is -2.11. The summed E-state index contributed by atoms with van der Waals surface area (Å²) < 4.78 is 7.53. The van der Waals surface area contributed by atoms with Gasteiger partial charge in [-0.15, -0.1) is 0 Å². The lowest BCUT2D eigenvalue weighted by molar-refractivity contribution is -0.119. The number of nitrogens with one attached hydrogen (secondary N) is 1. The maximum atomic E-state index is 12.2. The molecule has 0 spiro atoms. The highest BCUT2D eigenvalue weighted by Crippen LogP contribution is 2.23. The maximum absolute atomic E-state index is 12.2. The van der Waals surface area contributed by atoms with Crippen LogP contribution in [0.1, 0.15) is 10.4 Å². The zero-order valence-corrected chi connectivity index (χ0v) is 16.1. The van der Waals surface area contributed by atoms with Crippen molar-refractivity contribution in [2.45, 2.75) is 0 Å². The van der Waals surface area contributed by atoms with Gasteiger partial charge in [-0.25, -0.2) is 14.5 Å². The minimum Gasteiger partial charge on any atom is -0.452 e. The minimum absolute atomic E-state index is 0.379. The first-order valence-corrected chi connectivity index (χ1v) is 8.86. The van der Waals surface area contributed by atoms with Gasteiger partial charge in [-0.1, -0.05) is 11.6 Å². The molecule has 1 aromatic heterocycles. The zero-order valence-electron chi connectivity index (χ0n) is 13.2. The highest BCUT2D eigenvalue weighted by atomic mass is 127. The largest absolute Gasteiger partial charge is 0.452 e. The van der Waals surface area contributed by atoms with E-state index in [1.54, 1.807) is 42.5 Å². The summed E-state index contributed by atoms with van der Waals surface area (Å²) in [5, 5.41) is 7.14. The fourth-order valence-corrected chi connectivity index (χ4v) is 2.66. The Morgan fingerprint density at radius 2 is 1.96 bits per heavy atom. The number of anilines is 1. The molecule has 0 atom stereocenters. The van der Waals surface area contributed by atoms with Crippen LogP contribution in [0.25, 0.3) is 5.69 Å². The van der Waals surface area contributed by atoms with E-state index in [9.17, 15) is 9.59 Å². The third kappa shape index (κ3) is 4.58. The fourth-order valence-electron chi connectivity index (χ4n) is 2.13. The summed E-state index contributed by atoms with van der Waals surface area (Å²) in [5.41, 5.74) is 1.40. The number of nitrogens with zero attached hydrogens (tertiary/aromatic N) is 3. The lowest BCUT2D eigenvalue weighted by atomic mass is 10.2. The summed E-state index contributed by atoms with van der Waals surface area (Å²) in [6, 6.07) is 11.8. The number of hydrogen-bond acceptors (Lipinski definition) is 5. The fraction of sp³-hybridized carbons (Fsp3) is 0.0588. The number of aromatic nitrogens is 3. The predicted molar refractivity (Wildman–Crippen MR) is 104 cm³/mol. The van der Waals surface area contributed by atoms with Crippen LogP contribution in [0.5, 0.6) is 0 Å². The Labute approximate surface area is 167 Å². The quantitative estimate of drug-likeness (QED) is 0.445. The molecule has 3 rings (SSSR count). The number of rotatable bonds is 5. The highest BCUT2D eigenvalue weighted by Gasteiger charge is 2.13. The van der Waals surface area contributed by atoms with Crippen molar-refractivity contribution in [2.75, 3.05) is 11.9 Å². The molecule has 132 valence electrons. The van der Waals surface area contributed by atoms with Gasteiger partial charge in [0.1, 0.15) is 12.7 Å². The monoisotopic (exact) mass is 482 g/mol. The topological polar surface area (TPSA) is 86.1 Å². The van der Waals surface area contributed by atoms with Crippen molar-refractivity contribution < 1.29 is 14.3 Å². The Morgan fingerprint density at radius 3 is 2.65 bits per heavy atom. The Hall–Kier alpha value is -2.46. The van der Waals surface area contributed by atoms with Gasteiger partial charge in [0.15, 0.2) is 6.61 Å². The van der Waals surface area contributed by atoms with Gasteiger partial charge in [0.05, 0.1) is 16.9 Å². The average Bonchev–Trinajstić information content (AvgIpc) is 3.15. The SMILES string of the molecule is O=C(COC(=O)c1ccc(I)cc1)Nc1cc(Cl)ccc1-n1cncn1. The average molecular weight is 483 g/mol. The Morgan fingerprint density at radius 1 is 1.19 bits per heavy atom. The van der Waals surface area contributed by atoms with Crippen LogP contribution in [0, 0.1) is 3.57 Å². The molecule has 0 saturated carbocycles. The molecule has 0 radical (unpaired) electrons. The maximum Gasteiger partial charge on any atom is 0.338 e. The van der Waals surface area contributed by atoms with Gasteiger partial charge in [0.2, 0.25) is 0 Å². The highest BCUT2D eigenvalue weighted by molar-refractivity contribution is 14.1. The summed E-state index contributed by atoms with van der Waals surface area (Å²) in [6.07, 6.45) is 2.87. The third-order valence-electron chi connectivity index (χ3n) is 3.31. The molecule has 7 nitrogen and oxygen atoms in total. The number of carbonyl (C=O) groups is 2. The molecule has 3 aromatic rings. The van der Waals surface area contributed by atoms with Crippen molar-refractivity contribution >= 4 is 51.8 Å². The smallest absolute Gasteiger partial charge is 0.338 e. The second kappa shape index (κ2) is 8.28. The van der Waals surface area contributed by atoms with Crippen molar-refractivity contribution in [3.8, 4) is 5.69 Å². The van der Waals surface area contributed by atoms with E-state index in [4.69, 9.17) is 16.3 Å². The van der Waals surface area contributed by atoms with Crippen molar-refractivity contribution in [3.63, 3.8) is 0 Å². The second-order valence-electron chi connectivity index (χ2n) is 5.13. The number of amides is 1. The van der Waals surface area contributed by atoms with Crippen LogP contribution in [-0.4, -0.2) is 33.2 Å². The number of benzene rings is 2. The van der Waals surface area contributed by atoms with E-state index in [2.05, 4.69) is 38.0 Å². The lowest BCUT2D eigenvalue weighted by Crippen LogP contribution is -2.21. The van der Waals surface area contributed by atoms with E-state index < -0.39 is 18.5 Å². The minimum atomic E-state index is -0.570. The van der Waals surface area contributed by atoms with Crippen LogP contribution in [0.3, 0.4) is 0 Å². The normalized spacial score (nSPS) is 10.4. The van der Waals surface area contributed by atoms with Gasteiger partial charge >= 0.3 is 5.97 Å². The van der Waals surface area contributed by atoms with Crippen LogP contribution in [0.15, 0.2) is 55.1 Å². The molecule has 9 heteroatoms. The zero-order chi connectivity index (χ0) is 18.5. The van der Waals surface area contributed by atoms with Gasteiger partial charge in [-0.05, 0) is 65.1 Å². The summed E-state index contributed by atoms with van der Waals surface area (Å²) in [6.45, 7) is -0.422. The van der Waals surface area contributed by atoms with Gasteiger partial charge in [0, 0.05) is 8.59 Å². The van der Waals surface area contributed by atoms with Crippen LogP contribution in [-0.2, 0) is 9.53 Å². The summed E-state index contributed by atoms with van der Waals surface area (Å²) >= 11 is 8.14. The van der Waals surface area contributed by atoms with Crippen molar-refractivity contribution in [3.05, 3.63) is 69.3 Å². The standard InChI is InChI=1S/C17H12ClIN4O3/c18-12-3-6-15(23-10-20-9-21-23)14(7-12)22-16(24)8-26-17(25)11-1-4-13(19)5-2-11/h1-7,9-10H,8H2,(H,22,24). The molecule has 0 unspecified atom stereocenters. The van der Waals surface area contributed by atoms with E-state index in [-0.39, 0.29) is 0 Å². The van der Waals surface area contributed by atoms with Crippen molar-refractivity contribution in [2.24, 2.45) is 0 Å². The molecular formula is C17H12ClIN4O3. The number of halogens is 2. The molecule has 0 aliphatic carbocycles. The Kier molecular flexibility index (Phi) is 5.84. The number of carbonyl (C=O) groups excluding carboxylic acids is 2. The molecule has 0 fully saturated rings. The Bertz CT molecular complexity index is 930. The number of ether oxygens (including phenoxy) is 1. The molecule has 1 heterocycles. The molecule has 1 amide bonds. The van der Waals surface area contributed by atoms with Gasteiger partial charge in [-0.3, -0.25) is 4.79 Å². The van der Waals surface area contributed by atoms with Gasteiger partial charge in [0.25, 0.3) is 5.91 Å². The molecule has 0 aliphatic rings. The molecule has 1 N–H and O–H groups in total. The summed E-state index contributed by atoms with van der Waals surface area (Å²) in [5.74, 6) is -1.06. The van der Waals surface area contributed by atoms with E-state index in [0.29, 0.717) is 22.0 Å². The molecule has 2 aromatic carbocycles. The van der Waals surface area contributed by atoms with Gasteiger partial charge < -0.3 is 10.1 Å². The molecule has 0 aliphatic heterocycles. The van der Waals surface area contributed by atoms with Crippen molar-refractivity contribution in [1.82, 2.24) is 14.8 Å². The molecular weight excluding hydrogens is 471 g/mol. The summed E-state index contributed by atoms with van der Waals surface area (Å²) in [7, 11) is 0. The number of hydrogen-bond donors (Lipinski definition) is 1. The van der Waals surface area contributed by atoms with E-state index >= 15 is 0 Å². The van der Waals surface area contributed by atoms with Gasteiger partial charge in [-0.2, -0.15) is 5.10 Å². The first kappa shape index (κ1) is 18.3. The van der Waals surface area contributed by atoms with Crippen LogP contribution >= 0.6 is 34.2 Å².